The van der Waals surface area contributed by atoms with Gasteiger partial charge in [0, 0.05) is 18.2 Å². The Bertz CT molecular complexity index is 810. The molecule has 0 saturated carbocycles. The first kappa shape index (κ1) is 19.2. The fourth-order valence-corrected chi connectivity index (χ4v) is 2.18. The summed E-state index contributed by atoms with van der Waals surface area (Å²) >= 11 is 0. The summed E-state index contributed by atoms with van der Waals surface area (Å²) in [6, 6.07) is 8.31. The Balaban J connectivity index is 2.23. The van der Waals surface area contributed by atoms with Crippen molar-refractivity contribution < 1.29 is 28.6 Å². The van der Waals surface area contributed by atoms with Crippen molar-refractivity contribution in [2.45, 2.75) is 6.92 Å². The molecule has 0 spiro atoms. The quantitative estimate of drug-likeness (QED) is 0.703. The van der Waals surface area contributed by atoms with Crippen molar-refractivity contribution in [1.82, 2.24) is 0 Å². The lowest BCUT2D eigenvalue weighted by molar-refractivity contribution is -0.114. The van der Waals surface area contributed by atoms with Crippen LogP contribution in [0.25, 0.3) is 0 Å². The number of nitrogens with one attached hydrogen (secondary N) is 2. The van der Waals surface area contributed by atoms with E-state index in [9.17, 15) is 14.0 Å². The summed E-state index contributed by atoms with van der Waals surface area (Å²) in [5, 5.41) is 13.8. The third-order valence-electron chi connectivity index (χ3n) is 3.31. The van der Waals surface area contributed by atoms with Crippen LogP contribution in [0, 0.1) is 5.82 Å². The highest BCUT2D eigenvalue weighted by Gasteiger charge is 2.14. The van der Waals surface area contributed by atoms with E-state index in [1.54, 1.807) is 0 Å². The first-order valence-corrected chi connectivity index (χ1v) is 7.74. The van der Waals surface area contributed by atoms with Crippen molar-refractivity contribution in [3.8, 4) is 11.5 Å². The van der Waals surface area contributed by atoms with Gasteiger partial charge in [-0.2, -0.15) is 0 Å². The number of ether oxygens (including phenoxy) is 2. The number of methoxy groups -OCH3 is 1. The second-order valence-electron chi connectivity index (χ2n) is 5.27. The SMILES string of the molecule is COc1ccc(C(=O)Nc2cc(NC(C)=O)ccc2F)cc1OCCO. The Labute approximate surface area is 149 Å². The van der Waals surface area contributed by atoms with Gasteiger partial charge in [-0.25, -0.2) is 4.39 Å². The average molecular weight is 362 g/mol. The zero-order valence-corrected chi connectivity index (χ0v) is 14.3. The number of carbonyl (C=O) groups excluding carboxylic acids is 2. The van der Waals surface area contributed by atoms with Crippen molar-refractivity contribution in [3.05, 3.63) is 47.8 Å². The molecule has 0 unspecified atom stereocenters. The summed E-state index contributed by atoms with van der Waals surface area (Å²) in [5.41, 5.74) is 0.494. The molecule has 0 radical (unpaired) electrons. The van der Waals surface area contributed by atoms with Gasteiger partial charge in [0.1, 0.15) is 12.4 Å². The van der Waals surface area contributed by atoms with Crippen LogP contribution in [0.1, 0.15) is 17.3 Å². The van der Waals surface area contributed by atoms with Gasteiger partial charge in [0.15, 0.2) is 11.5 Å². The highest BCUT2D eigenvalue weighted by atomic mass is 19.1. The van der Waals surface area contributed by atoms with Gasteiger partial charge in [0.05, 0.1) is 19.4 Å². The molecule has 0 aliphatic rings. The molecule has 8 heteroatoms. The van der Waals surface area contributed by atoms with Crippen LogP contribution < -0.4 is 20.1 Å². The molecule has 0 bridgehead atoms. The van der Waals surface area contributed by atoms with Crippen molar-refractivity contribution in [2.75, 3.05) is 31.0 Å². The number of halogens is 1. The summed E-state index contributed by atoms with van der Waals surface area (Å²) < 4.78 is 24.4. The fourth-order valence-electron chi connectivity index (χ4n) is 2.18. The first-order chi connectivity index (χ1) is 12.4. The van der Waals surface area contributed by atoms with Crippen LogP contribution >= 0.6 is 0 Å². The molecule has 0 aromatic heterocycles. The van der Waals surface area contributed by atoms with E-state index in [1.165, 1.54) is 44.4 Å². The summed E-state index contributed by atoms with van der Waals surface area (Å²) in [4.78, 5) is 23.5. The van der Waals surface area contributed by atoms with Crippen LogP contribution in [-0.4, -0.2) is 37.2 Å². The molecule has 2 rings (SSSR count). The molecule has 3 N–H and O–H groups in total. The molecule has 0 aliphatic heterocycles. The second-order valence-corrected chi connectivity index (χ2v) is 5.27. The van der Waals surface area contributed by atoms with E-state index in [-0.39, 0.29) is 36.1 Å². The van der Waals surface area contributed by atoms with Gasteiger partial charge in [0.25, 0.3) is 5.91 Å². The van der Waals surface area contributed by atoms with Gasteiger partial charge in [-0.15, -0.1) is 0 Å². The molecule has 0 saturated heterocycles. The van der Waals surface area contributed by atoms with Crippen molar-refractivity contribution >= 4 is 23.2 Å². The number of aliphatic hydroxyl groups excluding tert-OH is 1. The van der Waals surface area contributed by atoms with E-state index in [0.29, 0.717) is 11.4 Å². The van der Waals surface area contributed by atoms with Crippen molar-refractivity contribution in [3.63, 3.8) is 0 Å². The van der Waals surface area contributed by atoms with E-state index < -0.39 is 11.7 Å². The van der Waals surface area contributed by atoms with Crippen LogP contribution in [0.3, 0.4) is 0 Å². The van der Waals surface area contributed by atoms with Crippen LogP contribution in [-0.2, 0) is 4.79 Å². The highest BCUT2D eigenvalue weighted by Crippen LogP contribution is 2.29. The Morgan fingerprint density at radius 1 is 1.12 bits per heavy atom. The molecule has 138 valence electrons. The average Bonchev–Trinajstić information content (AvgIpc) is 2.62. The van der Waals surface area contributed by atoms with Gasteiger partial charge < -0.3 is 25.2 Å². The lowest BCUT2D eigenvalue weighted by Crippen LogP contribution is -2.14. The predicted molar refractivity (Wildman–Crippen MR) is 94.2 cm³/mol. The second kappa shape index (κ2) is 8.82. The monoisotopic (exact) mass is 362 g/mol. The van der Waals surface area contributed by atoms with Gasteiger partial charge in [0.2, 0.25) is 5.91 Å². The zero-order chi connectivity index (χ0) is 19.1. The lowest BCUT2D eigenvalue weighted by Gasteiger charge is -2.12. The zero-order valence-electron chi connectivity index (χ0n) is 14.3. The molecule has 0 fully saturated rings. The maximum atomic E-state index is 13.9. The number of carbonyl (C=O) groups is 2. The van der Waals surface area contributed by atoms with E-state index in [0.717, 1.165) is 6.07 Å². The smallest absolute Gasteiger partial charge is 0.255 e. The molecular weight excluding hydrogens is 343 g/mol. The minimum atomic E-state index is -0.641. The minimum Gasteiger partial charge on any atom is -0.493 e. The molecule has 0 aliphatic carbocycles. The standard InChI is InChI=1S/C18H19FN2O5/c1-11(23)20-13-4-5-14(19)15(10-13)21-18(24)12-3-6-16(25-2)17(9-12)26-8-7-22/h3-6,9-10,22H,7-8H2,1-2H3,(H,20,23)(H,21,24). The Kier molecular flexibility index (Phi) is 6.51. The third-order valence-corrected chi connectivity index (χ3v) is 3.31. The number of amides is 2. The van der Waals surface area contributed by atoms with E-state index in [4.69, 9.17) is 14.6 Å². The molecule has 2 aromatic carbocycles. The highest BCUT2D eigenvalue weighted by molar-refractivity contribution is 6.05. The molecule has 26 heavy (non-hydrogen) atoms. The number of hydrogen-bond acceptors (Lipinski definition) is 5. The van der Waals surface area contributed by atoms with Gasteiger partial charge >= 0.3 is 0 Å². The van der Waals surface area contributed by atoms with Gasteiger partial charge in [-0.1, -0.05) is 0 Å². The molecule has 0 atom stereocenters. The molecule has 2 amide bonds. The third kappa shape index (κ3) is 4.93. The molecular formula is C18H19FN2O5. The Morgan fingerprint density at radius 3 is 2.54 bits per heavy atom. The molecule has 2 aromatic rings. The largest absolute Gasteiger partial charge is 0.493 e. The molecule has 0 heterocycles. The summed E-state index contributed by atoms with van der Waals surface area (Å²) in [7, 11) is 1.45. The number of anilines is 2. The Hall–Kier alpha value is -3.13. The normalized spacial score (nSPS) is 10.2. The first-order valence-electron chi connectivity index (χ1n) is 7.74. The van der Waals surface area contributed by atoms with E-state index in [2.05, 4.69) is 10.6 Å². The Morgan fingerprint density at radius 2 is 1.88 bits per heavy atom. The van der Waals surface area contributed by atoms with Crippen LogP contribution in [0.4, 0.5) is 15.8 Å². The number of benzene rings is 2. The van der Waals surface area contributed by atoms with E-state index in [1.807, 2.05) is 0 Å². The van der Waals surface area contributed by atoms with Gasteiger partial charge in [-0.3, -0.25) is 9.59 Å². The lowest BCUT2D eigenvalue weighted by atomic mass is 10.1. The van der Waals surface area contributed by atoms with Crippen LogP contribution in [0.2, 0.25) is 0 Å². The topological polar surface area (TPSA) is 96.9 Å². The van der Waals surface area contributed by atoms with Crippen LogP contribution in [0.5, 0.6) is 11.5 Å². The van der Waals surface area contributed by atoms with Crippen molar-refractivity contribution in [1.29, 1.82) is 0 Å². The summed E-state index contributed by atoms with van der Waals surface area (Å²) in [6.45, 7) is 1.17. The number of rotatable bonds is 7. The molecule has 7 nitrogen and oxygen atoms in total. The predicted octanol–water partition coefficient (Wildman–Crippen LogP) is 2.42. The number of aliphatic hydroxyl groups is 1. The van der Waals surface area contributed by atoms with Gasteiger partial charge in [-0.05, 0) is 36.4 Å². The van der Waals surface area contributed by atoms with Crippen molar-refractivity contribution in [2.24, 2.45) is 0 Å². The summed E-state index contributed by atoms with van der Waals surface area (Å²) in [6.07, 6.45) is 0. The maximum Gasteiger partial charge on any atom is 0.255 e. The summed E-state index contributed by atoms with van der Waals surface area (Å²) in [5.74, 6) is -0.844. The van der Waals surface area contributed by atoms with Crippen LogP contribution in [0.15, 0.2) is 36.4 Å². The van der Waals surface area contributed by atoms with E-state index >= 15 is 0 Å². The number of hydrogen-bond donors (Lipinski definition) is 3. The fraction of sp³-hybridized carbons (Fsp3) is 0.222. The maximum absolute atomic E-state index is 13.9. The minimum absolute atomic E-state index is 0.0365.